The van der Waals surface area contributed by atoms with Gasteiger partial charge in [-0.3, -0.25) is 4.79 Å². The summed E-state index contributed by atoms with van der Waals surface area (Å²) in [5.41, 5.74) is 0.125. The molecule has 0 N–H and O–H groups in total. The van der Waals surface area contributed by atoms with Gasteiger partial charge in [-0.1, -0.05) is 12.1 Å². The van der Waals surface area contributed by atoms with E-state index in [4.69, 9.17) is 9.15 Å². The van der Waals surface area contributed by atoms with E-state index in [9.17, 15) is 18.8 Å². The van der Waals surface area contributed by atoms with Gasteiger partial charge < -0.3 is 13.9 Å². The number of rotatable bonds is 7. The van der Waals surface area contributed by atoms with E-state index in [0.717, 1.165) is 0 Å². The van der Waals surface area contributed by atoms with Crippen molar-refractivity contribution >= 4 is 11.9 Å². The second-order valence-electron chi connectivity index (χ2n) is 4.88. The standard InChI is InChI=1S/C18H15F2NO4/c1-3-23-15-6-4-5-12(17(15)25-18(19)20)9-13(10-21)16(22)14-7-8-24-11(14)2/h4-9,18H,3H2,1-2H3/b13-9+. The lowest BCUT2D eigenvalue weighted by atomic mass is 10.0. The molecule has 2 aromatic rings. The highest BCUT2D eigenvalue weighted by atomic mass is 19.3. The second-order valence-corrected chi connectivity index (χ2v) is 4.88. The van der Waals surface area contributed by atoms with Gasteiger partial charge in [0.25, 0.3) is 0 Å². The van der Waals surface area contributed by atoms with E-state index in [0.29, 0.717) is 5.76 Å². The van der Waals surface area contributed by atoms with Crippen molar-refractivity contribution in [2.45, 2.75) is 20.5 Å². The largest absolute Gasteiger partial charge is 0.490 e. The van der Waals surface area contributed by atoms with Crippen LogP contribution >= 0.6 is 0 Å². The number of allylic oxidation sites excluding steroid dienone is 1. The molecule has 130 valence electrons. The average Bonchev–Trinajstić information content (AvgIpc) is 3.00. The number of halogens is 2. The Hall–Kier alpha value is -3.14. The van der Waals surface area contributed by atoms with Crippen molar-refractivity contribution in [3.63, 3.8) is 0 Å². The number of para-hydroxylation sites is 1. The summed E-state index contributed by atoms with van der Waals surface area (Å²) in [6.45, 7) is 0.445. The lowest BCUT2D eigenvalue weighted by molar-refractivity contribution is -0.0515. The first-order valence-electron chi connectivity index (χ1n) is 7.39. The topological polar surface area (TPSA) is 72.5 Å². The summed E-state index contributed by atoms with van der Waals surface area (Å²) in [6, 6.07) is 7.69. The van der Waals surface area contributed by atoms with Crippen molar-refractivity contribution in [1.29, 1.82) is 5.26 Å². The molecule has 7 heteroatoms. The molecule has 0 fully saturated rings. The number of carbonyl (C=O) groups excluding carboxylic acids is 1. The van der Waals surface area contributed by atoms with Gasteiger partial charge in [0.2, 0.25) is 5.78 Å². The highest BCUT2D eigenvalue weighted by Crippen LogP contribution is 2.34. The van der Waals surface area contributed by atoms with Crippen LogP contribution in [0.25, 0.3) is 6.08 Å². The number of nitriles is 1. The van der Waals surface area contributed by atoms with Crippen LogP contribution in [0.5, 0.6) is 11.5 Å². The van der Waals surface area contributed by atoms with Crippen molar-refractivity contribution in [2.24, 2.45) is 0 Å². The first-order chi connectivity index (χ1) is 12.0. The summed E-state index contributed by atoms with van der Waals surface area (Å²) in [7, 11) is 0. The summed E-state index contributed by atoms with van der Waals surface area (Å²) in [5, 5.41) is 9.30. The van der Waals surface area contributed by atoms with Crippen LogP contribution in [0.3, 0.4) is 0 Å². The first-order valence-corrected chi connectivity index (χ1v) is 7.39. The number of furan rings is 1. The Kier molecular flexibility index (Phi) is 5.90. The molecule has 0 radical (unpaired) electrons. The van der Waals surface area contributed by atoms with Crippen molar-refractivity contribution < 1.29 is 27.5 Å². The smallest absolute Gasteiger partial charge is 0.387 e. The van der Waals surface area contributed by atoms with Crippen molar-refractivity contribution in [2.75, 3.05) is 6.61 Å². The van der Waals surface area contributed by atoms with Crippen LogP contribution in [0.1, 0.15) is 28.6 Å². The average molecular weight is 347 g/mol. The number of hydrogen-bond donors (Lipinski definition) is 0. The van der Waals surface area contributed by atoms with E-state index >= 15 is 0 Å². The Morgan fingerprint density at radius 2 is 2.16 bits per heavy atom. The molecule has 0 unspecified atom stereocenters. The summed E-state index contributed by atoms with van der Waals surface area (Å²) >= 11 is 0. The molecule has 0 saturated carbocycles. The number of benzene rings is 1. The molecule has 0 aliphatic carbocycles. The van der Waals surface area contributed by atoms with Gasteiger partial charge in [0, 0.05) is 5.56 Å². The van der Waals surface area contributed by atoms with Gasteiger partial charge in [0.05, 0.1) is 18.4 Å². The quantitative estimate of drug-likeness (QED) is 0.422. The molecule has 0 amide bonds. The predicted octanol–water partition coefficient (Wildman–Crippen LogP) is 4.38. The van der Waals surface area contributed by atoms with E-state index in [1.807, 2.05) is 0 Å². The fourth-order valence-electron chi connectivity index (χ4n) is 2.20. The Balaban J connectivity index is 2.50. The second kappa shape index (κ2) is 8.11. The minimum Gasteiger partial charge on any atom is -0.490 e. The van der Waals surface area contributed by atoms with Crippen LogP contribution in [0.15, 0.2) is 40.5 Å². The van der Waals surface area contributed by atoms with Gasteiger partial charge in [-0.15, -0.1) is 0 Å². The number of ether oxygens (including phenoxy) is 2. The summed E-state index contributed by atoms with van der Waals surface area (Å²) in [5.74, 6) is -0.346. The van der Waals surface area contributed by atoms with Gasteiger partial charge in [-0.25, -0.2) is 0 Å². The molecular formula is C18H15F2NO4. The Bertz CT molecular complexity index is 834. The summed E-state index contributed by atoms with van der Waals surface area (Å²) in [4.78, 5) is 12.4. The van der Waals surface area contributed by atoms with Crippen LogP contribution in [-0.2, 0) is 0 Å². The molecule has 25 heavy (non-hydrogen) atoms. The van der Waals surface area contributed by atoms with Crippen LogP contribution in [0.2, 0.25) is 0 Å². The van der Waals surface area contributed by atoms with Crippen molar-refractivity contribution in [3.05, 3.63) is 53.0 Å². The van der Waals surface area contributed by atoms with Crippen LogP contribution in [0, 0.1) is 18.3 Å². The van der Waals surface area contributed by atoms with E-state index in [-0.39, 0.29) is 34.8 Å². The van der Waals surface area contributed by atoms with Crippen LogP contribution < -0.4 is 9.47 Å². The molecule has 1 aromatic carbocycles. The van der Waals surface area contributed by atoms with E-state index in [1.54, 1.807) is 26.0 Å². The molecule has 0 saturated heterocycles. The van der Waals surface area contributed by atoms with Gasteiger partial charge >= 0.3 is 6.61 Å². The first kappa shape index (κ1) is 18.2. The molecule has 0 aliphatic rings. The highest BCUT2D eigenvalue weighted by Gasteiger charge is 2.19. The Morgan fingerprint density at radius 1 is 1.40 bits per heavy atom. The number of nitrogens with zero attached hydrogens (tertiary/aromatic N) is 1. The fraction of sp³-hybridized carbons (Fsp3) is 0.222. The molecule has 2 rings (SSSR count). The zero-order valence-corrected chi connectivity index (χ0v) is 13.6. The third kappa shape index (κ3) is 4.23. The number of aryl methyl sites for hydroxylation is 1. The van der Waals surface area contributed by atoms with Crippen LogP contribution in [0.4, 0.5) is 8.78 Å². The SMILES string of the molecule is CCOc1cccc(/C=C(\C#N)C(=O)c2ccoc2C)c1OC(F)F. The lowest BCUT2D eigenvalue weighted by Crippen LogP contribution is -2.07. The molecule has 0 aliphatic heterocycles. The van der Waals surface area contributed by atoms with Gasteiger partial charge in [-0.2, -0.15) is 14.0 Å². The molecule has 0 bridgehead atoms. The summed E-state index contributed by atoms with van der Waals surface area (Å²) < 4.78 is 40.3. The van der Waals surface area contributed by atoms with Crippen LogP contribution in [-0.4, -0.2) is 19.0 Å². The number of Topliss-reactive ketones (excluding diaryl/α,β-unsaturated/α-hetero) is 1. The molecule has 1 heterocycles. The fourth-order valence-corrected chi connectivity index (χ4v) is 2.20. The molecule has 1 aromatic heterocycles. The lowest BCUT2D eigenvalue weighted by Gasteiger charge is -2.13. The third-order valence-electron chi connectivity index (χ3n) is 3.28. The molecule has 0 atom stereocenters. The number of hydrogen-bond acceptors (Lipinski definition) is 5. The van der Waals surface area contributed by atoms with E-state index < -0.39 is 12.4 Å². The maximum absolute atomic E-state index is 12.7. The normalized spacial score (nSPS) is 11.3. The summed E-state index contributed by atoms with van der Waals surface area (Å²) in [6.07, 6.45) is 2.52. The zero-order valence-electron chi connectivity index (χ0n) is 13.6. The van der Waals surface area contributed by atoms with E-state index in [1.165, 1.54) is 30.5 Å². The number of carbonyl (C=O) groups is 1. The minimum absolute atomic E-state index is 0.0979. The Labute approximate surface area is 143 Å². The highest BCUT2D eigenvalue weighted by molar-refractivity contribution is 6.14. The molecule has 0 spiro atoms. The number of alkyl halides is 2. The zero-order chi connectivity index (χ0) is 18.4. The van der Waals surface area contributed by atoms with Crippen molar-refractivity contribution in [1.82, 2.24) is 0 Å². The number of ketones is 1. The monoisotopic (exact) mass is 347 g/mol. The molecular weight excluding hydrogens is 332 g/mol. The maximum Gasteiger partial charge on any atom is 0.387 e. The van der Waals surface area contributed by atoms with Gasteiger partial charge in [0.1, 0.15) is 17.4 Å². The van der Waals surface area contributed by atoms with Gasteiger partial charge in [0.15, 0.2) is 11.5 Å². The predicted molar refractivity (Wildman–Crippen MR) is 85.6 cm³/mol. The van der Waals surface area contributed by atoms with Gasteiger partial charge in [-0.05, 0) is 32.1 Å². The molecule has 5 nitrogen and oxygen atoms in total. The Morgan fingerprint density at radius 3 is 2.72 bits per heavy atom. The third-order valence-corrected chi connectivity index (χ3v) is 3.28. The van der Waals surface area contributed by atoms with Crippen molar-refractivity contribution in [3.8, 4) is 17.6 Å². The maximum atomic E-state index is 12.7. The van der Waals surface area contributed by atoms with E-state index in [2.05, 4.69) is 4.74 Å². The minimum atomic E-state index is -3.08.